The van der Waals surface area contributed by atoms with Crippen LogP contribution in [-0.4, -0.2) is 35.6 Å². The first-order valence-corrected chi connectivity index (χ1v) is 6.76. The van der Waals surface area contributed by atoms with Gasteiger partial charge in [-0.2, -0.15) is 0 Å². The summed E-state index contributed by atoms with van der Waals surface area (Å²) in [5, 5.41) is 4.07. The molecule has 0 spiro atoms. The first-order chi connectivity index (χ1) is 8.28. The lowest BCUT2D eigenvalue weighted by molar-refractivity contribution is 0.219. The summed E-state index contributed by atoms with van der Waals surface area (Å²) in [6, 6.07) is 4.40. The van der Waals surface area contributed by atoms with Crippen molar-refractivity contribution in [3.05, 3.63) is 23.5 Å². The van der Waals surface area contributed by atoms with Crippen LogP contribution in [0.4, 0.5) is 5.69 Å². The molecule has 0 saturated carbocycles. The third-order valence-electron chi connectivity index (χ3n) is 3.23. The van der Waals surface area contributed by atoms with E-state index in [1.807, 2.05) is 12.1 Å². The van der Waals surface area contributed by atoms with Crippen LogP contribution in [0.15, 0.2) is 18.3 Å². The summed E-state index contributed by atoms with van der Waals surface area (Å²) < 4.78 is 0. The van der Waals surface area contributed by atoms with Crippen LogP contribution in [0.3, 0.4) is 0 Å². The Kier molecular flexibility index (Phi) is 4.63. The highest BCUT2D eigenvalue weighted by atomic mass is 35.5. The zero-order valence-electron chi connectivity index (χ0n) is 10.3. The Hall–Kier alpha value is -0.800. The number of nitrogens with zero attached hydrogens (tertiary/aromatic N) is 2. The average Bonchev–Trinajstić information content (AvgIpc) is 2.35. The van der Waals surface area contributed by atoms with E-state index in [0.717, 1.165) is 5.69 Å². The molecule has 0 bridgehead atoms. The molecule has 2 rings (SSSR count). The van der Waals surface area contributed by atoms with E-state index in [-0.39, 0.29) is 0 Å². The SMILES string of the molecule is CCCN1CCC(Nc2ccc(Cl)nc2)CC1. The molecule has 4 heteroatoms. The van der Waals surface area contributed by atoms with Crippen molar-refractivity contribution in [2.45, 2.75) is 32.2 Å². The smallest absolute Gasteiger partial charge is 0.129 e. The lowest BCUT2D eigenvalue weighted by atomic mass is 10.0. The maximum absolute atomic E-state index is 5.76. The molecular weight excluding hydrogens is 234 g/mol. The monoisotopic (exact) mass is 253 g/mol. The van der Waals surface area contributed by atoms with Gasteiger partial charge in [0.15, 0.2) is 0 Å². The number of anilines is 1. The second kappa shape index (κ2) is 6.22. The van der Waals surface area contributed by atoms with Crippen molar-refractivity contribution in [1.29, 1.82) is 0 Å². The number of likely N-dealkylation sites (tertiary alicyclic amines) is 1. The minimum Gasteiger partial charge on any atom is -0.381 e. The minimum atomic E-state index is 0.549. The van der Waals surface area contributed by atoms with Crippen LogP contribution in [0.1, 0.15) is 26.2 Å². The lowest BCUT2D eigenvalue weighted by Gasteiger charge is -2.32. The molecule has 1 aromatic rings. The first kappa shape index (κ1) is 12.7. The van der Waals surface area contributed by atoms with Crippen LogP contribution in [0.25, 0.3) is 0 Å². The third kappa shape index (κ3) is 3.86. The normalized spacial score (nSPS) is 18.2. The maximum atomic E-state index is 5.76. The number of rotatable bonds is 4. The Morgan fingerprint density at radius 1 is 1.41 bits per heavy atom. The number of hydrogen-bond acceptors (Lipinski definition) is 3. The molecule has 1 fully saturated rings. The fourth-order valence-electron chi connectivity index (χ4n) is 2.31. The van der Waals surface area contributed by atoms with Crippen molar-refractivity contribution in [3.8, 4) is 0 Å². The molecule has 2 heterocycles. The molecule has 1 aliphatic heterocycles. The van der Waals surface area contributed by atoms with Crippen LogP contribution in [0.5, 0.6) is 0 Å². The van der Waals surface area contributed by atoms with Gasteiger partial charge >= 0.3 is 0 Å². The molecule has 1 aliphatic rings. The first-order valence-electron chi connectivity index (χ1n) is 6.38. The zero-order valence-corrected chi connectivity index (χ0v) is 11.1. The number of nitrogens with one attached hydrogen (secondary N) is 1. The fraction of sp³-hybridized carbons (Fsp3) is 0.615. The van der Waals surface area contributed by atoms with Crippen molar-refractivity contribution < 1.29 is 0 Å². The van der Waals surface area contributed by atoms with Crippen molar-refractivity contribution >= 4 is 17.3 Å². The van der Waals surface area contributed by atoms with E-state index in [0.29, 0.717) is 11.2 Å². The number of hydrogen-bond donors (Lipinski definition) is 1. The predicted octanol–water partition coefficient (Wildman–Crippen LogP) is 3.02. The van der Waals surface area contributed by atoms with E-state index in [1.165, 1.54) is 38.9 Å². The van der Waals surface area contributed by atoms with Gasteiger partial charge in [0.05, 0.1) is 11.9 Å². The van der Waals surface area contributed by atoms with Crippen LogP contribution in [0, 0.1) is 0 Å². The van der Waals surface area contributed by atoms with E-state index in [1.54, 1.807) is 6.20 Å². The van der Waals surface area contributed by atoms with Crippen LogP contribution in [-0.2, 0) is 0 Å². The van der Waals surface area contributed by atoms with Crippen LogP contribution < -0.4 is 5.32 Å². The van der Waals surface area contributed by atoms with E-state index in [4.69, 9.17) is 11.6 Å². The highest BCUT2D eigenvalue weighted by molar-refractivity contribution is 6.29. The van der Waals surface area contributed by atoms with E-state index < -0.39 is 0 Å². The molecular formula is C13H20ClN3. The molecule has 0 aromatic carbocycles. The molecule has 0 amide bonds. The second-order valence-corrected chi connectivity index (χ2v) is 5.02. The van der Waals surface area contributed by atoms with Gasteiger partial charge in [0.2, 0.25) is 0 Å². The zero-order chi connectivity index (χ0) is 12.1. The summed E-state index contributed by atoms with van der Waals surface area (Å²) in [5.74, 6) is 0. The summed E-state index contributed by atoms with van der Waals surface area (Å²) in [6.07, 6.45) is 5.48. The average molecular weight is 254 g/mol. The summed E-state index contributed by atoms with van der Waals surface area (Å²) in [4.78, 5) is 6.62. The Balaban J connectivity index is 1.79. The molecule has 0 atom stereocenters. The minimum absolute atomic E-state index is 0.549. The Morgan fingerprint density at radius 3 is 2.76 bits per heavy atom. The molecule has 94 valence electrons. The van der Waals surface area contributed by atoms with Gasteiger partial charge in [-0.25, -0.2) is 4.98 Å². The number of piperidine rings is 1. The van der Waals surface area contributed by atoms with Gasteiger partial charge in [-0.05, 0) is 37.9 Å². The largest absolute Gasteiger partial charge is 0.381 e. The highest BCUT2D eigenvalue weighted by Gasteiger charge is 2.18. The molecule has 0 radical (unpaired) electrons. The number of halogens is 1. The van der Waals surface area contributed by atoms with Gasteiger partial charge in [0.1, 0.15) is 5.15 Å². The van der Waals surface area contributed by atoms with Gasteiger partial charge in [-0.3, -0.25) is 0 Å². The van der Waals surface area contributed by atoms with Crippen LogP contribution in [0.2, 0.25) is 5.15 Å². The van der Waals surface area contributed by atoms with Crippen molar-refractivity contribution in [3.63, 3.8) is 0 Å². The maximum Gasteiger partial charge on any atom is 0.129 e. The fourth-order valence-corrected chi connectivity index (χ4v) is 2.43. The second-order valence-electron chi connectivity index (χ2n) is 4.63. The Labute approximate surface area is 108 Å². The topological polar surface area (TPSA) is 28.2 Å². The Morgan fingerprint density at radius 2 is 2.18 bits per heavy atom. The van der Waals surface area contributed by atoms with Gasteiger partial charge in [-0.1, -0.05) is 18.5 Å². The predicted molar refractivity (Wildman–Crippen MR) is 72.6 cm³/mol. The molecule has 3 nitrogen and oxygen atoms in total. The quantitative estimate of drug-likeness (QED) is 0.836. The summed E-state index contributed by atoms with van der Waals surface area (Å²) in [5.41, 5.74) is 1.07. The van der Waals surface area contributed by atoms with Gasteiger partial charge in [-0.15, -0.1) is 0 Å². The molecule has 1 aromatic heterocycles. The van der Waals surface area contributed by atoms with Crippen molar-refractivity contribution in [2.75, 3.05) is 25.0 Å². The third-order valence-corrected chi connectivity index (χ3v) is 3.45. The summed E-state index contributed by atoms with van der Waals surface area (Å²) in [6.45, 7) is 5.87. The molecule has 0 unspecified atom stereocenters. The molecule has 0 aliphatic carbocycles. The number of pyridine rings is 1. The van der Waals surface area contributed by atoms with Gasteiger partial charge in [0, 0.05) is 19.1 Å². The van der Waals surface area contributed by atoms with E-state index >= 15 is 0 Å². The standard InChI is InChI=1S/C13H20ClN3/c1-2-7-17-8-5-11(6-9-17)16-12-3-4-13(14)15-10-12/h3-4,10-11,16H,2,5-9H2,1H3. The molecule has 1 saturated heterocycles. The van der Waals surface area contributed by atoms with Gasteiger partial charge < -0.3 is 10.2 Å². The summed E-state index contributed by atoms with van der Waals surface area (Å²) in [7, 11) is 0. The highest BCUT2D eigenvalue weighted by Crippen LogP contribution is 2.17. The lowest BCUT2D eigenvalue weighted by Crippen LogP contribution is -2.39. The Bertz CT molecular complexity index is 331. The molecule has 1 N–H and O–H groups in total. The summed E-state index contributed by atoms with van der Waals surface area (Å²) >= 11 is 5.76. The van der Waals surface area contributed by atoms with Crippen LogP contribution >= 0.6 is 11.6 Å². The van der Waals surface area contributed by atoms with Crippen molar-refractivity contribution in [1.82, 2.24) is 9.88 Å². The number of aromatic nitrogens is 1. The van der Waals surface area contributed by atoms with E-state index in [9.17, 15) is 0 Å². The molecule has 17 heavy (non-hydrogen) atoms. The van der Waals surface area contributed by atoms with Gasteiger partial charge in [0.25, 0.3) is 0 Å². The van der Waals surface area contributed by atoms with Crippen molar-refractivity contribution in [2.24, 2.45) is 0 Å². The van der Waals surface area contributed by atoms with E-state index in [2.05, 4.69) is 22.1 Å².